The molecule has 3 heteroatoms. The normalized spacial score (nSPS) is 20.4. The van der Waals surface area contributed by atoms with Crippen LogP contribution in [0.1, 0.15) is 51.3 Å². The summed E-state index contributed by atoms with van der Waals surface area (Å²) in [6.45, 7) is 9.71. The summed E-state index contributed by atoms with van der Waals surface area (Å²) in [4.78, 5) is 6.65. The van der Waals surface area contributed by atoms with Crippen LogP contribution in [0.5, 0.6) is 0 Å². The van der Waals surface area contributed by atoms with Crippen molar-refractivity contribution in [2.45, 2.75) is 46.2 Å². The average molecular weight is 262 g/mol. The summed E-state index contributed by atoms with van der Waals surface area (Å²) < 4.78 is 13.4. The summed E-state index contributed by atoms with van der Waals surface area (Å²) in [7, 11) is 0. The highest BCUT2D eigenvalue weighted by molar-refractivity contribution is 5.75. The van der Waals surface area contributed by atoms with E-state index in [1.807, 2.05) is 13.1 Å². The molecule has 2 nitrogen and oxygen atoms in total. The highest BCUT2D eigenvalue weighted by Gasteiger charge is 2.24. The van der Waals surface area contributed by atoms with Crippen molar-refractivity contribution in [3.63, 3.8) is 0 Å². The predicted octanol–water partition coefficient (Wildman–Crippen LogP) is 4.18. The maximum absolute atomic E-state index is 13.4. The lowest BCUT2D eigenvalue weighted by Gasteiger charge is -2.22. The zero-order chi connectivity index (χ0) is 14.0. The lowest BCUT2D eigenvalue weighted by Crippen LogP contribution is -2.21. The molecule has 1 unspecified atom stereocenters. The highest BCUT2D eigenvalue weighted by Crippen LogP contribution is 2.31. The molecule has 2 heterocycles. The number of rotatable bonds is 3. The number of aromatic nitrogens is 1. The number of alkyl halides is 1. The monoisotopic (exact) mass is 262 g/mol. The Balaban J connectivity index is 2.42. The molecule has 1 fully saturated rings. The minimum atomic E-state index is -0.705. The molecule has 0 radical (unpaired) electrons. The Morgan fingerprint density at radius 3 is 2.79 bits per heavy atom. The van der Waals surface area contributed by atoms with E-state index in [1.165, 1.54) is 11.1 Å². The van der Waals surface area contributed by atoms with Crippen LogP contribution >= 0.6 is 0 Å². The van der Waals surface area contributed by atoms with Gasteiger partial charge < -0.3 is 4.90 Å². The van der Waals surface area contributed by atoms with Gasteiger partial charge in [0.2, 0.25) is 0 Å². The van der Waals surface area contributed by atoms with Gasteiger partial charge in [0.1, 0.15) is 6.17 Å². The zero-order valence-electron chi connectivity index (χ0n) is 12.3. The van der Waals surface area contributed by atoms with E-state index in [2.05, 4.69) is 42.8 Å². The van der Waals surface area contributed by atoms with Gasteiger partial charge in [0.05, 0.1) is 11.9 Å². The molecule has 0 amide bonds. The van der Waals surface area contributed by atoms with Crippen LogP contribution in [0, 0.1) is 0 Å². The first-order chi connectivity index (χ1) is 9.02. The van der Waals surface area contributed by atoms with Gasteiger partial charge in [-0.15, -0.1) is 0 Å². The van der Waals surface area contributed by atoms with Crippen molar-refractivity contribution in [3.05, 3.63) is 29.6 Å². The van der Waals surface area contributed by atoms with Gasteiger partial charge in [-0.1, -0.05) is 19.9 Å². The quantitative estimate of drug-likeness (QED) is 0.812. The maximum Gasteiger partial charge on any atom is 0.119 e. The molecule has 0 saturated carbocycles. The third kappa shape index (κ3) is 2.96. The van der Waals surface area contributed by atoms with Gasteiger partial charge in [-0.3, -0.25) is 4.98 Å². The van der Waals surface area contributed by atoms with Gasteiger partial charge in [-0.2, -0.15) is 0 Å². The van der Waals surface area contributed by atoms with Crippen LogP contribution in [-0.4, -0.2) is 24.2 Å². The molecule has 0 spiro atoms. The maximum atomic E-state index is 13.4. The van der Waals surface area contributed by atoms with Gasteiger partial charge in [0, 0.05) is 24.3 Å². The van der Waals surface area contributed by atoms with E-state index in [-0.39, 0.29) is 0 Å². The van der Waals surface area contributed by atoms with E-state index in [4.69, 9.17) is 0 Å². The molecule has 0 aliphatic carbocycles. The van der Waals surface area contributed by atoms with Crippen molar-refractivity contribution in [1.29, 1.82) is 0 Å². The van der Waals surface area contributed by atoms with E-state index in [9.17, 15) is 4.39 Å². The van der Waals surface area contributed by atoms with Crippen molar-refractivity contribution in [2.75, 3.05) is 18.0 Å². The second kappa shape index (κ2) is 5.72. The fourth-order valence-corrected chi connectivity index (χ4v) is 2.44. The van der Waals surface area contributed by atoms with Crippen molar-refractivity contribution >= 4 is 11.3 Å². The lowest BCUT2D eigenvalue weighted by atomic mass is 10.0. The number of hydrogen-bond donors (Lipinski definition) is 0. The third-order valence-corrected chi connectivity index (χ3v) is 3.82. The zero-order valence-corrected chi connectivity index (χ0v) is 12.3. The molecule has 1 aromatic heterocycles. The molecule has 0 bridgehead atoms. The summed E-state index contributed by atoms with van der Waals surface area (Å²) in [6, 6.07) is 2.15. The van der Waals surface area contributed by atoms with Crippen molar-refractivity contribution < 1.29 is 4.39 Å². The van der Waals surface area contributed by atoms with Crippen molar-refractivity contribution in [3.8, 4) is 0 Å². The number of anilines is 1. The van der Waals surface area contributed by atoms with E-state index < -0.39 is 6.17 Å². The summed E-state index contributed by atoms with van der Waals surface area (Å²) in [5.41, 5.74) is 4.58. The number of allylic oxidation sites excluding steroid dienone is 2. The molecule has 0 aromatic carbocycles. The molecule has 1 aromatic rings. The van der Waals surface area contributed by atoms with E-state index in [0.717, 1.165) is 17.9 Å². The second-order valence-electron chi connectivity index (χ2n) is 5.58. The Hall–Kier alpha value is -1.38. The van der Waals surface area contributed by atoms with Crippen LogP contribution in [0.2, 0.25) is 0 Å². The van der Waals surface area contributed by atoms with Crippen LogP contribution in [0.15, 0.2) is 18.3 Å². The molecule has 104 valence electrons. The smallest absolute Gasteiger partial charge is 0.119 e. The average Bonchev–Trinajstić information content (AvgIpc) is 2.83. The molecule has 1 atom stereocenters. The van der Waals surface area contributed by atoms with Gasteiger partial charge in [0.25, 0.3) is 0 Å². The van der Waals surface area contributed by atoms with Crippen LogP contribution in [0.25, 0.3) is 5.57 Å². The first-order valence-corrected chi connectivity index (χ1v) is 7.05. The molecule has 2 rings (SSSR count). The molecule has 0 N–H and O–H groups in total. The first-order valence-electron chi connectivity index (χ1n) is 7.05. The SMILES string of the molecule is C/C=C(/C)c1cc(C(C)C)ncc1N1CCC(F)C1. The number of pyridine rings is 1. The second-order valence-corrected chi connectivity index (χ2v) is 5.58. The van der Waals surface area contributed by atoms with Crippen molar-refractivity contribution in [2.24, 2.45) is 0 Å². The fraction of sp³-hybridized carbons (Fsp3) is 0.562. The summed E-state index contributed by atoms with van der Waals surface area (Å²) >= 11 is 0. The summed E-state index contributed by atoms with van der Waals surface area (Å²) in [6.07, 6.45) is 3.94. The third-order valence-electron chi connectivity index (χ3n) is 3.82. The van der Waals surface area contributed by atoms with E-state index >= 15 is 0 Å². The minimum Gasteiger partial charge on any atom is -0.367 e. The molecular weight excluding hydrogens is 239 g/mol. The Morgan fingerprint density at radius 1 is 1.53 bits per heavy atom. The number of halogens is 1. The van der Waals surface area contributed by atoms with Crippen LogP contribution < -0.4 is 4.90 Å². The molecule has 1 saturated heterocycles. The van der Waals surface area contributed by atoms with Crippen LogP contribution in [-0.2, 0) is 0 Å². The van der Waals surface area contributed by atoms with Gasteiger partial charge >= 0.3 is 0 Å². The number of nitrogens with zero attached hydrogens (tertiary/aromatic N) is 2. The van der Waals surface area contributed by atoms with E-state index in [1.54, 1.807) is 0 Å². The predicted molar refractivity (Wildman–Crippen MR) is 79.4 cm³/mol. The van der Waals surface area contributed by atoms with Crippen LogP contribution in [0.4, 0.5) is 10.1 Å². The molecule has 19 heavy (non-hydrogen) atoms. The number of hydrogen-bond acceptors (Lipinski definition) is 2. The molecule has 1 aliphatic heterocycles. The van der Waals surface area contributed by atoms with Gasteiger partial charge in [0.15, 0.2) is 0 Å². The Morgan fingerprint density at radius 2 is 2.26 bits per heavy atom. The highest BCUT2D eigenvalue weighted by atomic mass is 19.1. The molecular formula is C16H23FN2. The summed E-state index contributed by atoms with van der Waals surface area (Å²) in [5, 5.41) is 0. The first kappa shape index (κ1) is 14.0. The Labute approximate surface area is 115 Å². The fourth-order valence-electron chi connectivity index (χ4n) is 2.44. The van der Waals surface area contributed by atoms with Gasteiger partial charge in [-0.25, -0.2) is 4.39 Å². The summed E-state index contributed by atoms with van der Waals surface area (Å²) in [5.74, 6) is 0.407. The van der Waals surface area contributed by atoms with Crippen LogP contribution in [0.3, 0.4) is 0 Å². The molecule has 1 aliphatic rings. The topological polar surface area (TPSA) is 16.1 Å². The Bertz CT molecular complexity index is 480. The largest absolute Gasteiger partial charge is 0.367 e. The Kier molecular flexibility index (Phi) is 4.23. The lowest BCUT2D eigenvalue weighted by molar-refractivity contribution is 0.364. The van der Waals surface area contributed by atoms with Gasteiger partial charge in [-0.05, 0) is 37.8 Å². The minimum absolute atomic E-state index is 0.407. The standard InChI is InChI=1S/C16H23FN2/c1-5-12(4)14-8-15(11(2)3)18-9-16(14)19-7-6-13(17)10-19/h5,8-9,11,13H,6-7,10H2,1-4H3/b12-5-. The van der Waals surface area contributed by atoms with E-state index in [0.29, 0.717) is 18.9 Å². The van der Waals surface area contributed by atoms with Crippen molar-refractivity contribution in [1.82, 2.24) is 4.98 Å².